The number of benzene rings is 1. The van der Waals surface area contributed by atoms with E-state index in [-0.39, 0.29) is 22.0 Å². The van der Waals surface area contributed by atoms with Crippen LogP contribution >= 0.6 is 11.6 Å². The van der Waals surface area contributed by atoms with Crippen LogP contribution in [0.25, 0.3) is 11.1 Å². The first kappa shape index (κ1) is 10.7. The molecular weight excluding hydrogens is 242 g/mol. The molecule has 2 rings (SSSR count). The van der Waals surface area contributed by atoms with Gasteiger partial charge in [0.15, 0.2) is 11.6 Å². The lowest BCUT2D eigenvalue weighted by molar-refractivity contribution is 0.408. The Morgan fingerprint density at radius 3 is 2.56 bits per heavy atom. The lowest BCUT2D eigenvalue weighted by atomic mass is 10.1. The number of hydrogen-bond donors (Lipinski definition) is 2. The molecule has 3 N–H and O–H groups in total. The Morgan fingerprint density at radius 2 is 2.00 bits per heavy atom. The van der Waals surface area contributed by atoms with Crippen molar-refractivity contribution >= 4 is 17.5 Å². The third kappa shape index (κ3) is 1.47. The number of rotatable bonds is 1. The number of hydrogen-bond acceptors (Lipinski definition) is 4. The summed E-state index contributed by atoms with van der Waals surface area (Å²) in [5, 5.41) is 12.1. The van der Waals surface area contributed by atoms with Gasteiger partial charge in [-0.2, -0.15) is 4.39 Å². The van der Waals surface area contributed by atoms with Crippen molar-refractivity contribution in [1.82, 2.24) is 5.16 Å². The third-order valence-electron chi connectivity index (χ3n) is 2.02. The van der Waals surface area contributed by atoms with Crippen molar-refractivity contribution in [2.24, 2.45) is 0 Å². The van der Waals surface area contributed by atoms with E-state index in [2.05, 4.69) is 9.68 Å². The number of nitrogens with two attached hydrogens (primary N) is 1. The van der Waals surface area contributed by atoms with E-state index in [1.807, 2.05) is 0 Å². The maximum absolute atomic E-state index is 13.5. The number of aromatic nitrogens is 1. The summed E-state index contributed by atoms with van der Waals surface area (Å²) in [6.45, 7) is 0. The van der Waals surface area contributed by atoms with Crippen LogP contribution < -0.4 is 5.73 Å². The van der Waals surface area contributed by atoms with E-state index >= 15 is 0 Å². The van der Waals surface area contributed by atoms with Gasteiger partial charge in [-0.05, 0) is 6.07 Å². The highest BCUT2D eigenvalue weighted by molar-refractivity contribution is 6.32. The summed E-state index contributed by atoms with van der Waals surface area (Å²) in [6.07, 6.45) is 1.13. The van der Waals surface area contributed by atoms with Crippen molar-refractivity contribution in [2.45, 2.75) is 0 Å². The number of halogens is 3. The molecular formula is C9H5ClF2N2O2. The zero-order valence-corrected chi connectivity index (χ0v) is 8.42. The SMILES string of the molecule is Nc1oncc1-c1cc(Cl)c(O)c(F)c1F. The molecule has 0 amide bonds. The van der Waals surface area contributed by atoms with Crippen LogP contribution in [0, 0.1) is 11.6 Å². The van der Waals surface area contributed by atoms with Crippen LogP contribution in [0.2, 0.25) is 5.02 Å². The van der Waals surface area contributed by atoms with E-state index in [1.54, 1.807) is 0 Å². The Labute approximate surface area is 93.2 Å². The standard InChI is InChI=1S/C9H5ClF2N2O2/c10-5-1-3(4-2-14-16-9(4)13)6(11)7(12)8(5)15/h1-2,15H,13H2. The largest absolute Gasteiger partial charge is 0.504 e. The molecule has 0 bridgehead atoms. The van der Waals surface area contributed by atoms with Crippen molar-refractivity contribution in [3.8, 4) is 16.9 Å². The summed E-state index contributed by atoms with van der Waals surface area (Å²) in [7, 11) is 0. The molecule has 0 aliphatic rings. The summed E-state index contributed by atoms with van der Waals surface area (Å²) in [5.74, 6) is -3.82. The highest BCUT2D eigenvalue weighted by Gasteiger charge is 2.20. The van der Waals surface area contributed by atoms with Gasteiger partial charge in [-0.25, -0.2) is 4.39 Å². The van der Waals surface area contributed by atoms with Gasteiger partial charge in [0.05, 0.1) is 16.8 Å². The van der Waals surface area contributed by atoms with Gasteiger partial charge in [0.2, 0.25) is 11.7 Å². The second kappa shape index (κ2) is 3.64. The fourth-order valence-electron chi connectivity index (χ4n) is 1.23. The van der Waals surface area contributed by atoms with Crippen LogP contribution in [-0.4, -0.2) is 10.3 Å². The maximum atomic E-state index is 13.5. The van der Waals surface area contributed by atoms with Crippen LogP contribution in [0.1, 0.15) is 0 Å². The summed E-state index contributed by atoms with van der Waals surface area (Å²) in [6, 6.07) is 1.04. The highest BCUT2D eigenvalue weighted by Crippen LogP contribution is 2.37. The fraction of sp³-hybridized carbons (Fsp3) is 0. The second-order valence-corrected chi connectivity index (χ2v) is 3.39. The lowest BCUT2D eigenvalue weighted by Crippen LogP contribution is -1.93. The minimum atomic E-state index is -1.44. The van der Waals surface area contributed by atoms with Crippen molar-refractivity contribution in [2.75, 3.05) is 5.73 Å². The normalized spacial score (nSPS) is 10.7. The van der Waals surface area contributed by atoms with Crippen molar-refractivity contribution in [1.29, 1.82) is 0 Å². The first-order valence-corrected chi connectivity index (χ1v) is 4.47. The Balaban J connectivity index is 2.72. The zero-order valence-electron chi connectivity index (χ0n) is 7.67. The first-order chi connectivity index (χ1) is 7.52. The maximum Gasteiger partial charge on any atom is 0.230 e. The van der Waals surface area contributed by atoms with Crippen LogP contribution in [-0.2, 0) is 0 Å². The van der Waals surface area contributed by atoms with Crippen molar-refractivity contribution in [3.63, 3.8) is 0 Å². The van der Waals surface area contributed by atoms with Gasteiger partial charge < -0.3 is 15.4 Å². The minimum absolute atomic E-state index is 0.0679. The number of phenolic OH excluding ortho intramolecular Hbond substituents is 1. The van der Waals surface area contributed by atoms with E-state index in [4.69, 9.17) is 22.4 Å². The van der Waals surface area contributed by atoms with Gasteiger partial charge in [0, 0.05) is 5.56 Å². The molecule has 0 saturated carbocycles. The molecule has 4 nitrogen and oxygen atoms in total. The molecule has 2 aromatic rings. The molecule has 84 valence electrons. The number of anilines is 1. The summed E-state index contributed by atoms with van der Waals surface area (Å²) in [5.41, 5.74) is 5.20. The molecule has 0 spiro atoms. The van der Waals surface area contributed by atoms with Crippen molar-refractivity contribution in [3.05, 3.63) is 28.9 Å². The van der Waals surface area contributed by atoms with E-state index in [0.717, 1.165) is 12.3 Å². The minimum Gasteiger partial charge on any atom is -0.504 e. The topological polar surface area (TPSA) is 72.3 Å². The summed E-state index contributed by atoms with van der Waals surface area (Å²) in [4.78, 5) is 0. The average Bonchev–Trinajstić information content (AvgIpc) is 2.67. The predicted octanol–water partition coefficient (Wildman–Crippen LogP) is 2.56. The first-order valence-electron chi connectivity index (χ1n) is 4.09. The molecule has 16 heavy (non-hydrogen) atoms. The molecule has 0 radical (unpaired) electrons. The summed E-state index contributed by atoms with van der Waals surface area (Å²) >= 11 is 5.51. The molecule has 7 heteroatoms. The quantitative estimate of drug-likeness (QED) is 0.759. The molecule has 1 aromatic carbocycles. The monoisotopic (exact) mass is 246 g/mol. The average molecular weight is 247 g/mol. The number of phenols is 1. The Bertz CT molecular complexity index is 557. The van der Waals surface area contributed by atoms with E-state index in [1.165, 1.54) is 0 Å². The Morgan fingerprint density at radius 1 is 1.31 bits per heavy atom. The molecule has 0 unspecified atom stereocenters. The van der Waals surface area contributed by atoms with Crippen LogP contribution in [0.3, 0.4) is 0 Å². The van der Waals surface area contributed by atoms with Crippen molar-refractivity contribution < 1.29 is 18.4 Å². The number of aromatic hydroxyl groups is 1. The third-order valence-corrected chi connectivity index (χ3v) is 2.31. The molecule has 0 aliphatic heterocycles. The van der Waals surface area contributed by atoms with Gasteiger partial charge in [-0.1, -0.05) is 16.8 Å². The number of nitrogens with zero attached hydrogens (tertiary/aromatic N) is 1. The molecule has 0 fully saturated rings. The van der Waals surface area contributed by atoms with Gasteiger partial charge in [-0.3, -0.25) is 0 Å². The highest BCUT2D eigenvalue weighted by atomic mass is 35.5. The Hall–Kier alpha value is -1.82. The van der Waals surface area contributed by atoms with Crippen LogP contribution in [0.4, 0.5) is 14.7 Å². The molecule has 1 aromatic heterocycles. The van der Waals surface area contributed by atoms with Gasteiger partial charge in [0.25, 0.3) is 0 Å². The van der Waals surface area contributed by atoms with Gasteiger partial charge in [0.1, 0.15) is 0 Å². The molecule has 0 aliphatic carbocycles. The number of nitrogen functional groups attached to an aromatic ring is 1. The molecule has 1 heterocycles. The second-order valence-electron chi connectivity index (χ2n) is 2.99. The van der Waals surface area contributed by atoms with Gasteiger partial charge in [-0.15, -0.1) is 0 Å². The summed E-state index contributed by atoms with van der Waals surface area (Å²) < 4.78 is 31.2. The molecule has 0 atom stereocenters. The van der Waals surface area contributed by atoms with E-state index in [0.29, 0.717) is 0 Å². The smallest absolute Gasteiger partial charge is 0.230 e. The van der Waals surface area contributed by atoms with E-state index < -0.39 is 17.4 Å². The lowest BCUT2D eigenvalue weighted by Gasteiger charge is -2.05. The van der Waals surface area contributed by atoms with Crippen LogP contribution in [0.15, 0.2) is 16.8 Å². The van der Waals surface area contributed by atoms with Crippen LogP contribution in [0.5, 0.6) is 5.75 Å². The van der Waals surface area contributed by atoms with E-state index in [9.17, 15) is 8.78 Å². The molecule has 0 saturated heterocycles. The fourth-order valence-corrected chi connectivity index (χ4v) is 1.42. The predicted molar refractivity (Wildman–Crippen MR) is 52.9 cm³/mol. The zero-order chi connectivity index (χ0) is 11.9. The Kier molecular flexibility index (Phi) is 2.43. The van der Waals surface area contributed by atoms with Gasteiger partial charge >= 0.3 is 0 Å².